The smallest absolute Gasteiger partial charge is 0.166 e. The third-order valence-corrected chi connectivity index (χ3v) is 3.41. The molecular formula is C14H11BrClFO2. The van der Waals surface area contributed by atoms with Crippen molar-refractivity contribution >= 4 is 27.5 Å². The molecule has 5 heteroatoms. The molecule has 0 saturated heterocycles. The van der Waals surface area contributed by atoms with Crippen LogP contribution in [-0.4, -0.2) is 5.11 Å². The number of benzene rings is 2. The summed E-state index contributed by atoms with van der Waals surface area (Å²) in [5.41, 5.74) is 0.500. The fourth-order valence-electron chi connectivity index (χ4n) is 1.54. The van der Waals surface area contributed by atoms with Crippen molar-refractivity contribution in [3.8, 4) is 11.5 Å². The molecule has 2 rings (SSSR count). The standard InChI is InChI=1S/C14H11BrClFO2/c1-8(18)9-2-4-14(12(17)6-9)19-13-5-3-10(16)7-11(13)15/h2-8,18H,1H3/t8-/m1/s1. The maximum Gasteiger partial charge on any atom is 0.166 e. The van der Waals surface area contributed by atoms with Crippen LogP contribution in [0.15, 0.2) is 40.9 Å². The third kappa shape index (κ3) is 3.47. The van der Waals surface area contributed by atoms with Crippen LogP contribution in [0.3, 0.4) is 0 Å². The molecule has 0 fully saturated rings. The zero-order valence-electron chi connectivity index (χ0n) is 10.0. The van der Waals surface area contributed by atoms with E-state index < -0.39 is 11.9 Å². The van der Waals surface area contributed by atoms with Gasteiger partial charge in [0.2, 0.25) is 0 Å². The molecule has 2 nitrogen and oxygen atoms in total. The SMILES string of the molecule is C[C@@H](O)c1ccc(Oc2ccc(Cl)cc2Br)c(F)c1. The third-order valence-electron chi connectivity index (χ3n) is 2.55. The average molecular weight is 346 g/mol. The highest BCUT2D eigenvalue weighted by Crippen LogP contribution is 2.33. The lowest BCUT2D eigenvalue weighted by atomic mass is 10.1. The summed E-state index contributed by atoms with van der Waals surface area (Å²) < 4.78 is 19.9. The first-order chi connectivity index (χ1) is 8.97. The van der Waals surface area contributed by atoms with E-state index in [1.54, 1.807) is 31.2 Å². The van der Waals surface area contributed by atoms with Crippen molar-refractivity contribution in [1.29, 1.82) is 0 Å². The van der Waals surface area contributed by atoms with Crippen molar-refractivity contribution in [3.05, 3.63) is 57.3 Å². The summed E-state index contributed by atoms with van der Waals surface area (Å²) in [6.45, 7) is 1.57. The Morgan fingerprint density at radius 3 is 2.47 bits per heavy atom. The van der Waals surface area contributed by atoms with Crippen LogP contribution in [0.2, 0.25) is 5.02 Å². The Kier molecular flexibility index (Phi) is 4.45. The first-order valence-electron chi connectivity index (χ1n) is 5.58. The van der Waals surface area contributed by atoms with Gasteiger partial charge < -0.3 is 9.84 Å². The number of halogens is 3. The molecule has 0 bridgehead atoms. The van der Waals surface area contributed by atoms with Crippen molar-refractivity contribution in [2.75, 3.05) is 0 Å². The molecule has 19 heavy (non-hydrogen) atoms. The summed E-state index contributed by atoms with van der Waals surface area (Å²) >= 11 is 9.11. The summed E-state index contributed by atoms with van der Waals surface area (Å²) in [5.74, 6) is 0.0285. The Labute approximate surface area is 123 Å². The van der Waals surface area contributed by atoms with Crippen LogP contribution >= 0.6 is 27.5 Å². The lowest BCUT2D eigenvalue weighted by Gasteiger charge is -2.11. The molecule has 0 spiro atoms. The lowest BCUT2D eigenvalue weighted by molar-refractivity contribution is 0.198. The van der Waals surface area contributed by atoms with Gasteiger partial charge in [-0.1, -0.05) is 17.7 Å². The monoisotopic (exact) mass is 344 g/mol. The number of rotatable bonds is 3. The van der Waals surface area contributed by atoms with Gasteiger partial charge in [-0.05, 0) is 58.7 Å². The van der Waals surface area contributed by atoms with Gasteiger partial charge in [0.15, 0.2) is 11.6 Å². The van der Waals surface area contributed by atoms with Gasteiger partial charge in [0, 0.05) is 5.02 Å². The highest BCUT2D eigenvalue weighted by molar-refractivity contribution is 9.10. The molecule has 0 aliphatic heterocycles. The molecule has 0 aliphatic rings. The van der Waals surface area contributed by atoms with Gasteiger partial charge in [0.25, 0.3) is 0 Å². The molecule has 100 valence electrons. The molecule has 0 heterocycles. The first-order valence-corrected chi connectivity index (χ1v) is 6.75. The Bertz CT molecular complexity index is 602. The Morgan fingerprint density at radius 2 is 1.89 bits per heavy atom. The molecule has 1 N–H and O–H groups in total. The molecule has 1 atom stereocenters. The van der Waals surface area contributed by atoms with Gasteiger partial charge >= 0.3 is 0 Å². The predicted octanol–water partition coefficient (Wildman–Crippen LogP) is 5.09. The van der Waals surface area contributed by atoms with E-state index in [4.69, 9.17) is 16.3 Å². The molecule has 0 radical (unpaired) electrons. The summed E-state index contributed by atoms with van der Waals surface area (Å²) in [7, 11) is 0. The zero-order chi connectivity index (χ0) is 14.0. The molecule has 0 saturated carbocycles. The van der Waals surface area contributed by atoms with Crippen molar-refractivity contribution in [1.82, 2.24) is 0 Å². The Morgan fingerprint density at radius 1 is 1.21 bits per heavy atom. The number of hydrogen-bond donors (Lipinski definition) is 1. The highest BCUT2D eigenvalue weighted by atomic mass is 79.9. The average Bonchev–Trinajstić information content (AvgIpc) is 2.34. The van der Waals surface area contributed by atoms with Crippen LogP contribution < -0.4 is 4.74 Å². The van der Waals surface area contributed by atoms with Gasteiger partial charge in [-0.25, -0.2) is 4.39 Å². The van der Waals surface area contributed by atoms with Gasteiger partial charge in [0.05, 0.1) is 10.6 Å². The summed E-state index contributed by atoms with van der Waals surface area (Å²) in [4.78, 5) is 0. The largest absolute Gasteiger partial charge is 0.453 e. The second-order valence-corrected chi connectivity index (χ2v) is 5.33. The second kappa shape index (κ2) is 5.90. The van der Waals surface area contributed by atoms with Crippen molar-refractivity contribution < 1.29 is 14.2 Å². The van der Waals surface area contributed by atoms with E-state index in [2.05, 4.69) is 15.9 Å². The maximum absolute atomic E-state index is 13.8. The van der Waals surface area contributed by atoms with Gasteiger partial charge in [-0.15, -0.1) is 0 Å². The van der Waals surface area contributed by atoms with Gasteiger partial charge in [-0.2, -0.15) is 0 Å². The van der Waals surface area contributed by atoms with Crippen LogP contribution in [0, 0.1) is 5.82 Å². The van der Waals surface area contributed by atoms with Crippen LogP contribution in [0.5, 0.6) is 11.5 Å². The van der Waals surface area contributed by atoms with Crippen molar-refractivity contribution in [2.24, 2.45) is 0 Å². The fraction of sp³-hybridized carbons (Fsp3) is 0.143. The molecule has 0 aliphatic carbocycles. The molecule has 2 aromatic carbocycles. The molecule has 0 unspecified atom stereocenters. The van der Waals surface area contributed by atoms with Gasteiger partial charge in [0.1, 0.15) is 5.75 Å². The normalized spacial score (nSPS) is 12.3. The zero-order valence-corrected chi connectivity index (χ0v) is 12.4. The van der Waals surface area contributed by atoms with Crippen molar-refractivity contribution in [3.63, 3.8) is 0 Å². The van der Waals surface area contributed by atoms with Crippen LogP contribution in [0.25, 0.3) is 0 Å². The molecule has 2 aromatic rings. The summed E-state index contributed by atoms with van der Waals surface area (Å²) in [6.07, 6.45) is -0.717. The van der Waals surface area contributed by atoms with Crippen LogP contribution in [-0.2, 0) is 0 Å². The molecule has 0 aromatic heterocycles. The van der Waals surface area contributed by atoms with E-state index in [0.717, 1.165) is 0 Å². The van der Waals surface area contributed by atoms with Gasteiger partial charge in [-0.3, -0.25) is 0 Å². The summed E-state index contributed by atoms with van der Waals surface area (Å²) in [6, 6.07) is 9.33. The highest BCUT2D eigenvalue weighted by Gasteiger charge is 2.10. The minimum atomic E-state index is -0.717. The fourth-order valence-corrected chi connectivity index (χ4v) is 2.30. The maximum atomic E-state index is 13.8. The van der Waals surface area contributed by atoms with E-state index in [0.29, 0.717) is 20.8 Å². The van der Waals surface area contributed by atoms with E-state index >= 15 is 0 Å². The summed E-state index contributed by atoms with van der Waals surface area (Å²) in [5, 5.41) is 9.93. The predicted molar refractivity (Wildman–Crippen MR) is 76.3 cm³/mol. The Balaban J connectivity index is 2.28. The number of aliphatic hydroxyl groups is 1. The number of hydrogen-bond acceptors (Lipinski definition) is 2. The van der Waals surface area contributed by atoms with Crippen molar-refractivity contribution in [2.45, 2.75) is 13.0 Å². The minimum absolute atomic E-state index is 0.0902. The first kappa shape index (κ1) is 14.3. The minimum Gasteiger partial charge on any atom is -0.453 e. The second-order valence-electron chi connectivity index (χ2n) is 4.04. The van der Waals surface area contributed by atoms with E-state index in [9.17, 15) is 9.50 Å². The molecular weight excluding hydrogens is 335 g/mol. The number of aliphatic hydroxyl groups excluding tert-OH is 1. The Hall–Kier alpha value is -1.10. The topological polar surface area (TPSA) is 29.5 Å². The molecule has 0 amide bonds. The van der Waals surface area contributed by atoms with E-state index in [1.165, 1.54) is 12.1 Å². The van der Waals surface area contributed by atoms with Crippen LogP contribution in [0.4, 0.5) is 4.39 Å². The number of ether oxygens (including phenoxy) is 1. The quantitative estimate of drug-likeness (QED) is 0.840. The van der Waals surface area contributed by atoms with E-state index in [-0.39, 0.29) is 5.75 Å². The van der Waals surface area contributed by atoms with E-state index in [1.807, 2.05) is 0 Å². The lowest BCUT2D eigenvalue weighted by Crippen LogP contribution is -1.95. The van der Waals surface area contributed by atoms with Crippen LogP contribution in [0.1, 0.15) is 18.6 Å².